The number of rotatable bonds is 6. The Balaban J connectivity index is 2.46. The largest absolute Gasteiger partial charge is 0.324 e. The van der Waals surface area contributed by atoms with E-state index in [1.165, 1.54) is 4.31 Å². The topological polar surface area (TPSA) is 66.5 Å². The number of sulfonamides is 1. The van der Waals surface area contributed by atoms with E-state index in [4.69, 9.17) is 11.6 Å². The summed E-state index contributed by atoms with van der Waals surface area (Å²) < 4.78 is 26.3. The van der Waals surface area contributed by atoms with Crippen molar-refractivity contribution in [1.29, 1.82) is 0 Å². The van der Waals surface area contributed by atoms with E-state index in [2.05, 4.69) is 5.32 Å². The number of carbonyl (C=O) groups is 1. The van der Waals surface area contributed by atoms with E-state index in [0.29, 0.717) is 22.8 Å². The van der Waals surface area contributed by atoms with Gasteiger partial charge in [0, 0.05) is 10.7 Å². The molecule has 2 aromatic carbocycles. The summed E-state index contributed by atoms with van der Waals surface area (Å²) in [5, 5.41) is 3.36. The van der Waals surface area contributed by atoms with Crippen molar-refractivity contribution in [3.05, 3.63) is 58.1 Å². The summed E-state index contributed by atoms with van der Waals surface area (Å²) in [5.41, 5.74) is 3.65. The molecule has 0 aliphatic rings. The molecule has 1 amide bonds. The fourth-order valence-corrected chi connectivity index (χ4v) is 4.47. The van der Waals surface area contributed by atoms with Crippen LogP contribution in [0.4, 0.5) is 11.4 Å². The molecule has 0 aliphatic heterocycles. The van der Waals surface area contributed by atoms with Crippen LogP contribution in [0.1, 0.15) is 30.0 Å². The third kappa shape index (κ3) is 5.02. The Bertz CT molecular complexity index is 937. The number of carbonyl (C=O) groups excluding carboxylic acids is 1. The highest BCUT2D eigenvalue weighted by Gasteiger charge is 2.32. The predicted octanol–water partition coefficient (Wildman–Crippen LogP) is 4.45. The molecule has 7 heteroatoms. The second-order valence-corrected chi connectivity index (χ2v) is 9.00. The van der Waals surface area contributed by atoms with E-state index in [0.717, 1.165) is 22.9 Å². The molecule has 0 aromatic heterocycles. The lowest BCUT2D eigenvalue weighted by Gasteiger charge is -2.30. The van der Waals surface area contributed by atoms with Crippen LogP contribution >= 0.6 is 11.6 Å². The van der Waals surface area contributed by atoms with Gasteiger partial charge in [-0.15, -0.1) is 0 Å². The Morgan fingerprint density at radius 1 is 1.15 bits per heavy atom. The lowest BCUT2D eigenvalue weighted by atomic mass is 10.1. The van der Waals surface area contributed by atoms with Crippen LogP contribution in [-0.2, 0) is 14.8 Å². The molecule has 27 heavy (non-hydrogen) atoms. The molecule has 0 bridgehead atoms. The van der Waals surface area contributed by atoms with Crippen LogP contribution in [0.2, 0.25) is 5.02 Å². The third-order valence-electron chi connectivity index (χ3n) is 4.32. The quantitative estimate of drug-likeness (QED) is 0.767. The molecule has 0 heterocycles. The van der Waals surface area contributed by atoms with Crippen LogP contribution in [0.25, 0.3) is 0 Å². The number of hydrogen-bond acceptors (Lipinski definition) is 3. The molecule has 5 nitrogen and oxygen atoms in total. The summed E-state index contributed by atoms with van der Waals surface area (Å²) in [6.07, 6.45) is 1.44. The second kappa shape index (κ2) is 8.31. The summed E-state index contributed by atoms with van der Waals surface area (Å²) in [4.78, 5) is 13.0. The average Bonchev–Trinajstić information content (AvgIpc) is 2.54. The number of halogens is 1. The normalized spacial score (nSPS) is 12.5. The standard InChI is InChI=1S/C20H25ClN2O3S/c1-6-19(20(24)22-18-9-7-8-17(21)15(18)4)23(27(5,25)26)16-11-13(2)10-14(3)12-16/h7-12,19H,6H2,1-5H3,(H,22,24)/t19-/m1/s1. The lowest BCUT2D eigenvalue weighted by molar-refractivity contribution is -0.117. The van der Waals surface area contributed by atoms with Gasteiger partial charge in [0.15, 0.2) is 0 Å². The first-order valence-corrected chi connectivity index (χ1v) is 10.9. The van der Waals surface area contributed by atoms with E-state index in [-0.39, 0.29) is 0 Å². The zero-order valence-electron chi connectivity index (χ0n) is 16.2. The monoisotopic (exact) mass is 408 g/mol. The van der Waals surface area contributed by atoms with Gasteiger partial charge in [-0.05, 0) is 68.1 Å². The highest BCUT2D eigenvalue weighted by molar-refractivity contribution is 7.92. The zero-order chi connectivity index (χ0) is 20.4. The van der Waals surface area contributed by atoms with Gasteiger partial charge in [-0.25, -0.2) is 8.42 Å². The van der Waals surface area contributed by atoms with E-state index in [1.54, 1.807) is 44.2 Å². The molecular weight excluding hydrogens is 384 g/mol. The fraction of sp³-hybridized carbons (Fsp3) is 0.350. The number of nitrogens with one attached hydrogen (secondary N) is 1. The number of aryl methyl sites for hydroxylation is 2. The van der Waals surface area contributed by atoms with Crippen LogP contribution in [0, 0.1) is 20.8 Å². The van der Waals surface area contributed by atoms with Crippen molar-refractivity contribution in [2.45, 2.75) is 40.2 Å². The summed E-state index contributed by atoms with van der Waals surface area (Å²) in [6, 6.07) is 9.85. The molecule has 0 spiro atoms. The maximum atomic E-state index is 13.0. The SMILES string of the molecule is CC[C@H](C(=O)Nc1cccc(Cl)c1C)N(c1cc(C)cc(C)c1)S(C)(=O)=O. The molecular formula is C20H25ClN2O3S. The molecule has 0 radical (unpaired) electrons. The third-order valence-corrected chi connectivity index (χ3v) is 5.91. The molecule has 1 N–H and O–H groups in total. The average molecular weight is 409 g/mol. The maximum absolute atomic E-state index is 13.0. The van der Waals surface area contributed by atoms with Gasteiger partial charge in [-0.3, -0.25) is 9.10 Å². The van der Waals surface area contributed by atoms with Crippen molar-refractivity contribution in [1.82, 2.24) is 0 Å². The minimum atomic E-state index is -3.67. The van der Waals surface area contributed by atoms with Gasteiger partial charge in [-0.1, -0.05) is 30.7 Å². The van der Waals surface area contributed by atoms with E-state index in [1.807, 2.05) is 19.9 Å². The molecule has 146 valence electrons. The van der Waals surface area contributed by atoms with Gasteiger partial charge in [-0.2, -0.15) is 0 Å². The predicted molar refractivity (Wildman–Crippen MR) is 112 cm³/mol. The van der Waals surface area contributed by atoms with Crippen LogP contribution in [0.3, 0.4) is 0 Å². The van der Waals surface area contributed by atoms with Gasteiger partial charge in [0.05, 0.1) is 11.9 Å². The Morgan fingerprint density at radius 3 is 2.26 bits per heavy atom. The number of anilines is 2. The maximum Gasteiger partial charge on any atom is 0.248 e. The molecule has 2 aromatic rings. The van der Waals surface area contributed by atoms with Gasteiger partial charge < -0.3 is 5.32 Å². The molecule has 2 rings (SSSR count). The van der Waals surface area contributed by atoms with E-state index < -0.39 is 22.0 Å². The highest BCUT2D eigenvalue weighted by Crippen LogP contribution is 2.27. The Labute approximate surface area is 166 Å². The minimum Gasteiger partial charge on any atom is -0.324 e. The van der Waals surface area contributed by atoms with Crippen LogP contribution < -0.4 is 9.62 Å². The van der Waals surface area contributed by atoms with Crippen molar-refractivity contribution in [2.24, 2.45) is 0 Å². The first-order chi connectivity index (χ1) is 12.5. The van der Waals surface area contributed by atoms with Gasteiger partial charge in [0.1, 0.15) is 6.04 Å². The van der Waals surface area contributed by atoms with Crippen molar-refractivity contribution in [3.63, 3.8) is 0 Å². The van der Waals surface area contributed by atoms with Crippen molar-refractivity contribution < 1.29 is 13.2 Å². The number of hydrogen-bond donors (Lipinski definition) is 1. The number of nitrogens with zero attached hydrogens (tertiary/aromatic N) is 1. The van der Waals surface area contributed by atoms with Gasteiger partial charge in [0.2, 0.25) is 15.9 Å². The number of benzene rings is 2. The van der Waals surface area contributed by atoms with Crippen molar-refractivity contribution in [3.8, 4) is 0 Å². The molecule has 1 atom stereocenters. The molecule has 0 saturated carbocycles. The van der Waals surface area contributed by atoms with Crippen LogP contribution in [0.15, 0.2) is 36.4 Å². The molecule has 0 fully saturated rings. The molecule has 0 aliphatic carbocycles. The summed E-state index contributed by atoms with van der Waals surface area (Å²) >= 11 is 6.12. The fourth-order valence-electron chi connectivity index (χ4n) is 3.10. The smallest absolute Gasteiger partial charge is 0.248 e. The Hall–Kier alpha value is -2.05. The van der Waals surface area contributed by atoms with E-state index in [9.17, 15) is 13.2 Å². The minimum absolute atomic E-state index is 0.325. The van der Waals surface area contributed by atoms with Crippen molar-refractivity contribution in [2.75, 3.05) is 15.9 Å². The van der Waals surface area contributed by atoms with Crippen LogP contribution in [0.5, 0.6) is 0 Å². The van der Waals surface area contributed by atoms with Crippen LogP contribution in [-0.4, -0.2) is 26.6 Å². The highest BCUT2D eigenvalue weighted by atomic mass is 35.5. The second-order valence-electron chi connectivity index (χ2n) is 6.73. The summed E-state index contributed by atoms with van der Waals surface area (Å²) in [7, 11) is -3.67. The first kappa shape index (κ1) is 21.3. The molecule has 0 saturated heterocycles. The zero-order valence-corrected chi connectivity index (χ0v) is 17.8. The Kier molecular flexibility index (Phi) is 6.54. The van der Waals surface area contributed by atoms with E-state index >= 15 is 0 Å². The van der Waals surface area contributed by atoms with Crippen molar-refractivity contribution >= 4 is 38.9 Å². The molecule has 0 unspecified atom stereocenters. The first-order valence-electron chi connectivity index (χ1n) is 8.68. The number of amides is 1. The Morgan fingerprint density at radius 2 is 1.74 bits per heavy atom. The van der Waals surface area contributed by atoms with Gasteiger partial charge >= 0.3 is 0 Å². The van der Waals surface area contributed by atoms with Gasteiger partial charge in [0.25, 0.3) is 0 Å². The summed E-state index contributed by atoms with van der Waals surface area (Å²) in [5.74, 6) is -0.396. The summed E-state index contributed by atoms with van der Waals surface area (Å²) in [6.45, 7) is 7.38. The lowest BCUT2D eigenvalue weighted by Crippen LogP contribution is -2.47.